The molecule has 2 aromatic carbocycles. The summed E-state index contributed by atoms with van der Waals surface area (Å²) in [5, 5.41) is 0. The average Bonchev–Trinajstić information content (AvgIpc) is 2.47. The number of benzene rings is 2. The molecule has 2 aromatic rings. The molecule has 0 fully saturated rings. The highest BCUT2D eigenvalue weighted by atomic mass is 79.9. The lowest BCUT2D eigenvalue weighted by Crippen LogP contribution is -2.18. The minimum Gasteiger partial charge on any atom is -0.482 e. The van der Waals surface area contributed by atoms with Crippen LogP contribution in [-0.2, 0) is 11.2 Å². The fourth-order valence-electron chi connectivity index (χ4n) is 1.85. The number of aryl methyl sites for hydroxylation is 2. The molecule has 0 aliphatic rings. The summed E-state index contributed by atoms with van der Waals surface area (Å²) in [6, 6.07) is 13.2. The van der Waals surface area contributed by atoms with Gasteiger partial charge in [0.15, 0.2) is 6.61 Å². The summed E-state index contributed by atoms with van der Waals surface area (Å²) in [7, 11) is 0. The predicted molar refractivity (Wildman–Crippen MR) is 85.8 cm³/mol. The van der Waals surface area contributed by atoms with Crippen LogP contribution >= 0.6 is 15.9 Å². The van der Waals surface area contributed by atoms with E-state index in [0.29, 0.717) is 11.5 Å². The second-order valence-corrected chi connectivity index (χ2v) is 5.55. The number of hydrogen-bond donors (Lipinski definition) is 0. The third-order valence-corrected chi connectivity index (χ3v) is 3.59. The van der Waals surface area contributed by atoms with Gasteiger partial charge in [-0.15, -0.1) is 0 Å². The number of rotatable bonds is 5. The molecule has 0 aliphatic carbocycles. The molecule has 0 aliphatic heterocycles. The normalized spacial score (nSPS) is 10.2. The maximum atomic E-state index is 11.8. The summed E-state index contributed by atoms with van der Waals surface area (Å²) in [5.74, 6) is 0.735. The van der Waals surface area contributed by atoms with Crippen molar-refractivity contribution in [3.05, 3.63) is 58.1 Å². The first kappa shape index (κ1) is 15.6. The minimum absolute atomic E-state index is 0.120. The van der Waals surface area contributed by atoms with Crippen molar-refractivity contribution >= 4 is 21.9 Å². The maximum Gasteiger partial charge on any atom is 0.349 e. The SMILES string of the molecule is CCc1ccc(OC(=O)COc2cccc(C)c2)c(Br)c1. The van der Waals surface area contributed by atoms with Gasteiger partial charge in [0.05, 0.1) is 4.47 Å². The number of esters is 1. The molecule has 0 unspecified atom stereocenters. The zero-order chi connectivity index (χ0) is 15.2. The number of carbonyl (C=O) groups excluding carboxylic acids is 1. The molecule has 2 rings (SSSR count). The van der Waals surface area contributed by atoms with Crippen molar-refractivity contribution in [2.75, 3.05) is 6.61 Å². The van der Waals surface area contributed by atoms with Gasteiger partial charge in [-0.3, -0.25) is 0 Å². The minimum atomic E-state index is -0.429. The quantitative estimate of drug-likeness (QED) is 0.596. The van der Waals surface area contributed by atoms with E-state index < -0.39 is 5.97 Å². The standard InChI is InChI=1S/C17H17BrO3/c1-3-13-7-8-16(15(18)10-13)21-17(19)11-20-14-6-4-5-12(2)9-14/h4-10H,3,11H2,1-2H3. The van der Waals surface area contributed by atoms with E-state index in [2.05, 4.69) is 22.9 Å². The number of ether oxygens (including phenoxy) is 2. The molecule has 0 heterocycles. The van der Waals surface area contributed by atoms with Gasteiger partial charge in [-0.25, -0.2) is 4.79 Å². The summed E-state index contributed by atoms with van der Waals surface area (Å²) < 4.78 is 11.5. The van der Waals surface area contributed by atoms with E-state index in [-0.39, 0.29) is 6.61 Å². The first-order valence-corrected chi connectivity index (χ1v) is 7.56. The second-order valence-electron chi connectivity index (χ2n) is 4.70. The lowest BCUT2D eigenvalue weighted by molar-refractivity contribution is -0.136. The van der Waals surface area contributed by atoms with Gasteiger partial charge in [0.2, 0.25) is 0 Å². The van der Waals surface area contributed by atoms with Crippen LogP contribution in [0.25, 0.3) is 0 Å². The Morgan fingerprint density at radius 1 is 1.19 bits per heavy atom. The predicted octanol–water partition coefficient (Wildman–Crippen LogP) is 4.30. The van der Waals surface area contributed by atoms with Gasteiger partial charge in [-0.05, 0) is 64.7 Å². The molecule has 0 amide bonds. The zero-order valence-electron chi connectivity index (χ0n) is 12.1. The number of halogens is 1. The summed E-state index contributed by atoms with van der Waals surface area (Å²) in [6.07, 6.45) is 0.934. The summed E-state index contributed by atoms with van der Waals surface area (Å²) in [6.45, 7) is 3.92. The molecule has 0 N–H and O–H groups in total. The van der Waals surface area contributed by atoms with Crippen LogP contribution < -0.4 is 9.47 Å². The molecule has 0 spiro atoms. The summed E-state index contributed by atoms with van der Waals surface area (Å²) in [5.41, 5.74) is 2.26. The van der Waals surface area contributed by atoms with E-state index in [9.17, 15) is 4.79 Å². The van der Waals surface area contributed by atoms with Crippen LogP contribution in [0.3, 0.4) is 0 Å². The first-order valence-electron chi connectivity index (χ1n) is 6.77. The molecule has 0 atom stereocenters. The van der Waals surface area contributed by atoms with Gasteiger partial charge in [0.1, 0.15) is 11.5 Å². The van der Waals surface area contributed by atoms with Crippen LogP contribution in [0.2, 0.25) is 0 Å². The van der Waals surface area contributed by atoms with Gasteiger partial charge in [-0.1, -0.05) is 25.1 Å². The Morgan fingerprint density at radius 3 is 2.67 bits per heavy atom. The zero-order valence-corrected chi connectivity index (χ0v) is 13.6. The van der Waals surface area contributed by atoms with Crippen molar-refractivity contribution in [2.24, 2.45) is 0 Å². The van der Waals surface area contributed by atoms with Gasteiger partial charge >= 0.3 is 5.97 Å². The van der Waals surface area contributed by atoms with Crippen molar-refractivity contribution in [3.8, 4) is 11.5 Å². The smallest absolute Gasteiger partial charge is 0.349 e. The average molecular weight is 349 g/mol. The lowest BCUT2D eigenvalue weighted by atomic mass is 10.2. The Hall–Kier alpha value is -1.81. The van der Waals surface area contributed by atoms with Crippen molar-refractivity contribution in [1.82, 2.24) is 0 Å². The first-order chi connectivity index (χ1) is 10.1. The van der Waals surface area contributed by atoms with Crippen molar-refractivity contribution < 1.29 is 14.3 Å². The Bertz CT molecular complexity index is 638. The molecule has 21 heavy (non-hydrogen) atoms. The highest BCUT2D eigenvalue weighted by Gasteiger charge is 2.09. The molecule has 4 heteroatoms. The highest BCUT2D eigenvalue weighted by Crippen LogP contribution is 2.26. The summed E-state index contributed by atoms with van der Waals surface area (Å²) >= 11 is 3.40. The van der Waals surface area contributed by atoms with E-state index in [0.717, 1.165) is 16.5 Å². The van der Waals surface area contributed by atoms with E-state index in [1.807, 2.05) is 43.3 Å². The molecule has 0 radical (unpaired) electrons. The maximum absolute atomic E-state index is 11.8. The van der Waals surface area contributed by atoms with Crippen molar-refractivity contribution in [1.29, 1.82) is 0 Å². The third-order valence-electron chi connectivity index (χ3n) is 2.97. The second kappa shape index (κ2) is 7.27. The van der Waals surface area contributed by atoms with E-state index in [1.165, 1.54) is 5.56 Å². The molecule has 0 aromatic heterocycles. The van der Waals surface area contributed by atoms with Gasteiger partial charge in [0, 0.05) is 0 Å². The van der Waals surface area contributed by atoms with E-state index in [1.54, 1.807) is 6.07 Å². The van der Waals surface area contributed by atoms with Crippen LogP contribution in [0.5, 0.6) is 11.5 Å². The Kier molecular flexibility index (Phi) is 5.39. The molecule has 110 valence electrons. The fraction of sp³-hybridized carbons (Fsp3) is 0.235. The Morgan fingerprint density at radius 2 is 2.00 bits per heavy atom. The molecule has 0 saturated carbocycles. The van der Waals surface area contributed by atoms with Crippen LogP contribution in [0, 0.1) is 6.92 Å². The van der Waals surface area contributed by atoms with Gasteiger partial charge in [0.25, 0.3) is 0 Å². The Balaban J connectivity index is 1.93. The fourth-order valence-corrected chi connectivity index (χ4v) is 2.35. The van der Waals surface area contributed by atoms with Crippen LogP contribution in [0.1, 0.15) is 18.1 Å². The van der Waals surface area contributed by atoms with Gasteiger partial charge < -0.3 is 9.47 Å². The third kappa shape index (κ3) is 4.60. The van der Waals surface area contributed by atoms with Gasteiger partial charge in [-0.2, -0.15) is 0 Å². The van der Waals surface area contributed by atoms with Crippen LogP contribution in [0.4, 0.5) is 0 Å². The van der Waals surface area contributed by atoms with Crippen molar-refractivity contribution in [2.45, 2.75) is 20.3 Å². The lowest BCUT2D eigenvalue weighted by Gasteiger charge is -2.09. The topological polar surface area (TPSA) is 35.5 Å². The molecular formula is C17H17BrO3. The number of hydrogen-bond acceptors (Lipinski definition) is 3. The van der Waals surface area contributed by atoms with Crippen LogP contribution in [0.15, 0.2) is 46.9 Å². The highest BCUT2D eigenvalue weighted by molar-refractivity contribution is 9.10. The monoisotopic (exact) mass is 348 g/mol. The summed E-state index contributed by atoms with van der Waals surface area (Å²) in [4.78, 5) is 11.8. The molecule has 0 saturated heterocycles. The largest absolute Gasteiger partial charge is 0.482 e. The number of carbonyl (C=O) groups is 1. The van der Waals surface area contributed by atoms with Crippen LogP contribution in [-0.4, -0.2) is 12.6 Å². The van der Waals surface area contributed by atoms with E-state index in [4.69, 9.17) is 9.47 Å². The van der Waals surface area contributed by atoms with Crippen molar-refractivity contribution in [3.63, 3.8) is 0 Å². The molecule has 3 nitrogen and oxygen atoms in total. The molecule has 0 bridgehead atoms. The van der Waals surface area contributed by atoms with E-state index >= 15 is 0 Å². The molecular weight excluding hydrogens is 332 g/mol. The Labute approximate surface area is 133 Å².